The van der Waals surface area contributed by atoms with E-state index in [-0.39, 0.29) is 28.4 Å². The van der Waals surface area contributed by atoms with E-state index in [1.54, 1.807) is 0 Å². The predicted molar refractivity (Wildman–Crippen MR) is 108 cm³/mol. The van der Waals surface area contributed by atoms with Crippen molar-refractivity contribution in [3.8, 4) is 11.5 Å². The first-order chi connectivity index (χ1) is 14.1. The zero-order valence-electron chi connectivity index (χ0n) is 16.8. The number of benzene rings is 2. The predicted octanol–water partition coefficient (Wildman–Crippen LogP) is 2.03. The van der Waals surface area contributed by atoms with Crippen LogP contribution in [0.15, 0.2) is 36.4 Å². The van der Waals surface area contributed by atoms with Gasteiger partial charge >= 0.3 is 5.97 Å². The van der Waals surface area contributed by atoms with E-state index in [2.05, 4.69) is 5.32 Å². The third kappa shape index (κ3) is 5.38. The Balaban J connectivity index is 2.39. The Labute approximate surface area is 173 Å². The molecule has 0 saturated heterocycles. The average Bonchev–Trinajstić information content (AvgIpc) is 2.70. The minimum atomic E-state index is -3.91. The normalized spacial score (nSPS) is 10.8. The molecule has 11 heteroatoms. The highest BCUT2D eigenvalue weighted by Crippen LogP contribution is 2.34. The number of rotatable bonds is 8. The molecule has 0 bridgehead atoms. The number of ether oxygens (including phenoxy) is 3. The quantitative estimate of drug-likeness (QED) is 0.625. The molecule has 2 aromatic rings. The molecule has 2 aromatic carbocycles. The van der Waals surface area contributed by atoms with Crippen LogP contribution in [0, 0.1) is 5.82 Å². The summed E-state index contributed by atoms with van der Waals surface area (Å²) in [5, 5.41) is 2.46. The smallest absolute Gasteiger partial charge is 0.340 e. The van der Waals surface area contributed by atoms with E-state index in [0.29, 0.717) is 0 Å². The van der Waals surface area contributed by atoms with E-state index in [1.807, 2.05) is 0 Å². The van der Waals surface area contributed by atoms with Crippen LogP contribution < -0.4 is 19.1 Å². The summed E-state index contributed by atoms with van der Waals surface area (Å²) in [4.78, 5) is 24.7. The van der Waals surface area contributed by atoms with Crippen LogP contribution in [0.2, 0.25) is 0 Å². The molecule has 1 amide bonds. The molecule has 0 unspecified atom stereocenters. The third-order valence-electron chi connectivity index (χ3n) is 3.99. The van der Waals surface area contributed by atoms with Gasteiger partial charge in [-0.2, -0.15) is 0 Å². The molecule has 0 fully saturated rings. The van der Waals surface area contributed by atoms with Crippen molar-refractivity contribution in [2.75, 3.05) is 43.8 Å². The van der Waals surface area contributed by atoms with Gasteiger partial charge in [-0.15, -0.1) is 0 Å². The van der Waals surface area contributed by atoms with E-state index in [4.69, 9.17) is 14.2 Å². The number of carbonyl (C=O) groups is 2. The average molecular weight is 440 g/mol. The molecule has 9 nitrogen and oxygen atoms in total. The Hall–Kier alpha value is -3.34. The van der Waals surface area contributed by atoms with Crippen LogP contribution in [0.3, 0.4) is 0 Å². The monoisotopic (exact) mass is 440 g/mol. The van der Waals surface area contributed by atoms with Crippen molar-refractivity contribution in [1.82, 2.24) is 0 Å². The summed E-state index contributed by atoms with van der Waals surface area (Å²) in [5.41, 5.74) is -0.0227. The number of nitrogens with one attached hydrogen (secondary N) is 1. The molecule has 0 aliphatic carbocycles. The number of sulfonamides is 1. The Morgan fingerprint density at radius 1 is 1.07 bits per heavy atom. The summed E-state index contributed by atoms with van der Waals surface area (Å²) in [6, 6.07) is 7.48. The first-order valence-corrected chi connectivity index (χ1v) is 10.3. The Morgan fingerprint density at radius 3 is 2.23 bits per heavy atom. The molecule has 0 radical (unpaired) electrons. The molecule has 30 heavy (non-hydrogen) atoms. The third-order valence-corrected chi connectivity index (χ3v) is 5.13. The molecule has 162 valence electrons. The number of hydrogen-bond donors (Lipinski definition) is 1. The number of methoxy groups -OCH3 is 3. The van der Waals surface area contributed by atoms with E-state index in [1.165, 1.54) is 45.6 Å². The topological polar surface area (TPSA) is 111 Å². The number of carbonyl (C=O) groups excluding carboxylic acids is 2. The van der Waals surface area contributed by atoms with Crippen LogP contribution in [0.4, 0.5) is 15.8 Å². The first kappa shape index (κ1) is 22.9. The van der Waals surface area contributed by atoms with Crippen molar-refractivity contribution >= 4 is 33.3 Å². The zero-order valence-corrected chi connectivity index (χ0v) is 17.6. The Bertz CT molecular complexity index is 1060. The van der Waals surface area contributed by atoms with Gasteiger partial charge in [0, 0.05) is 12.1 Å². The van der Waals surface area contributed by atoms with Crippen molar-refractivity contribution in [1.29, 1.82) is 0 Å². The van der Waals surface area contributed by atoms with E-state index in [0.717, 1.165) is 22.7 Å². The van der Waals surface area contributed by atoms with Crippen molar-refractivity contribution in [2.24, 2.45) is 0 Å². The van der Waals surface area contributed by atoms with Gasteiger partial charge in [0.2, 0.25) is 15.9 Å². The minimum absolute atomic E-state index is 0.0202. The van der Waals surface area contributed by atoms with Crippen LogP contribution in [-0.2, 0) is 19.6 Å². The molecule has 2 rings (SSSR count). The lowest BCUT2D eigenvalue weighted by molar-refractivity contribution is -0.114. The summed E-state index contributed by atoms with van der Waals surface area (Å²) < 4.78 is 53.6. The fraction of sp³-hybridized carbons (Fsp3) is 0.263. The molecule has 0 saturated carbocycles. The maximum absolute atomic E-state index is 13.5. The number of nitrogens with zero attached hydrogens (tertiary/aromatic N) is 1. The van der Waals surface area contributed by atoms with Crippen molar-refractivity contribution in [3.05, 3.63) is 47.8 Å². The summed E-state index contributed by atoms with van der Waals surface area (Å²) in [6.07, 6.45) is 0.890. The van der Waals surface area contributed by atoms with Gasteiger partial charge in [-0.05, 0) is 18.2 Å². The van der Waals surface area contributed by atoms with Crippen molar-refractivity contribution in [3.63, 3.8) is 0 Å². The zero-order chi connectivity index (χ0) is 22.5. The van der Waals surface area contributed by atoms with Crippen LogP contribution in [0.5, 0.6) is 11.5 Å². The summed E-state index contributed by atoms with van der Waals surface area (Å²) in [7, 11) is 0.00626. The molecule has 0 aliphatic rings. The van der Waals surface area contributed by atoms with Gasteiger partial charge in [0.1, 0.15) is 12.4 Å². The number of hydrogen-bond acceptors (Lipinski definition) is 7. The Kier molecular flexibility index (Phi) is 7.22. The van der Waals surface area contributed by atoms with E-state index < -0.39 is 34.3 Å². The molecule has 0 heterocycles. The first-order valence-electron chi connectivity index (χ1n) is 8.48. The lowest BCUT2D eigenvalue weighted by atomic mass is 10.1. The van der Waals surface area contributed by atoms with E-state index in [9.17, 15) is 22.4 Å². The number of amides is 1. The van der Waals surface area contributed by atoms with Crippen LogP contribution in [0.1, 0.15) is 10.4 Å². The second-order valence-corrected chi connectivity index (χ2v) is 7.95. The highest BCUT2D eigenvalue weighted by Gasteiger charge is 2.24. The van der Waals surface area contributed by atoms with Crippen molar-refractivity contribution in [2.45, 2.75) is 0 Å². The summed E-state index contributed by atoms with van der Waals surface area (Å²) in [6.45, 7) is -0.656. The van der Waals surface area contributed by atoms with E-state index >= 15 is 0 Å². The standard InChI is InChI=1S/C19H21FN2O7S/c1-27-16-9-14(19(24)29-3)15(10-17(16)28-2)21-18(23)11-22(30(4,25)26)13-7-5-6-12(20)8-13/h5-10H,11H2,1-4H3,(H,21,23). The highest BCUT2D eigenvalue weighted by molar-refractivity contribution is 7.92. The van der Waals surface area contributed by atoms with Gasteiger partial charge < -0.3 is 19.5 Å². The fourth-order valence-corrected chi connectivity index (χ4v) is 3.46. The molecule has 0 aliphatic heterocycles. The summed E-state index contributed by atoms with van der Waals surface area (Å²) >= 11 is 0. The number of anilines is 2. The second kappa shape index (κ2) is 9.44. The van der Waals surface area contributed by atoms with Crippen LogP contribution in [0.25, 0.3) is 0 Å². The molecule has 0 spiro atoms. The minimum Gasteiger partial charge on any atom is -0.493 e. The largest absolute Gasteiger partial charge is 0.493 e. The molecule has 0 aromatic heterocycles. The van der Waals surface area contributed by atoms with Gasteiger partial charge in [0.05, 0.1) is 44.5 Å². The van der Waals surface area contributed by atoms with Crippen LogP contribution >= 0.6 is 0 Å². The maximum atomic E-state index is 13.5. The second-order valence-electron chi connectivity index (χ2n) is 6.04. The van der Waals surface area contributed by atoms with Crippen molar-refractivity contribution < 1.29 is 36.6 Å². The summed E-state index contributed by atoms with van der Waals surface area (Å²) in [5.74, 6) is -1.73. The van der Waals surface area contributed by atoms with Gasteiger partial charge in [0.25, 0.3) is 0 Å². The highest BCUT2D eigenvalue weighted by atomic mass is 32.2. The fourth-order valence-electron chi connectivity index (χ4n) is 2.61. The lowest BCUT2D eigenvalue weighted by Crippen LogP contribution is -2.37. The van der Waals surface area contributed by atoms with Gasteiger partial charge in [0.15, 0.2) is 11.5 Å². The van der Waals surface area contributed by atoms with Gasteiger partial charge in [-0.3, -0.25) is 9.10 Å². The maximum Gasteiger partial charge on any atom is 0.340 e. The lowest BCUT2D eigenvalue weighted by Gasteiger charge is -2.22. The molecular formula is C19H21FN2O7S. The SMILES string of the molecule is COC(=O)c1cc(OC)c(OC)cc1NC(=O)CN(c1cccc(F)c1)S(C)(=O)=O. The Morgan fingerprint density at radius 2 is 1.70 bits per heavy atom. The number of esters is 1. The van der Waals surface area contributed by atoms with Gasteiger partial charge in [-0.25, -0.2) is 17.6 Å². The molecule has 0 atom stereocenters. The van der Waals surface area contributed by atoms with Gasteiger partial charge in [-0.1, -0.05) is 6.07 Å². The molecule has 1 N–H and O–H groups in total. The number of halogens is 1. The van der Waals surface area contributed by atoms with Crippen LogP contribution in [-0.4, -0.2) is 54.4 Å². The molecular weight excluding hydrogens is 419 g/mol.